The molecule has 0 bridgehead atoms. The second-order valence-corrected chi connectivity index (χ2v) is 10.9. The maximum Gasteiger partial charge on any atom is 0.0811 e. The van der Waals surface area contributed by atoms with Crippen LogP contribution < -0.4 is 0 Å². The third kappa shape index (κ3) is 5.26. The van der Waals surface area contributed by atoms with E-state index in [-0.39, 0.29) is 6.61 Å². The lowest BCUT2D eigenvalue weighted by molar-refractivity contribution is 0.0862. The van der Waals surface area contributed by atoms with E-state index in [1.54, 1.807) is 5.57 Å². The van der Waals surface area contributed by atoms with Gasteiger partial charge < -0.3 is 15.3 Å². The van der Waals surface area contributed by atoms with Crippen LogP contribution in [-0.4, -0.2) is 34.1 Å². The minimum Gasteiger partial charge on any atom is -0.396 e. The summed E-state index contributed by atoms with van der Waals surface area (Å²) in [6.07, 6.45) is 15.3. The Kier molecular flexibility index (Phi) is 8.05. The molecule has 3 aliphatic rings. The van der Waals surface area contributed by atoms with Crippen LogP contribution in [0, 0.1) is 35.0 Å². The van der Waals surface area contributed by atoms with Crippen LogP contribution in [-0.2, 0) is 0 Å². The van der Waals surface area contributed by atoms with Gasteiger partial charge in [0.05, 0.1) is 12.2 Å². The van der Waals surface area contributed by atoms with Crippen LogP contribution in [0.25, 0.3) is 0 Å². The molecule has 3 aliphatic carbocycles. The number of fused-ring (bicyclic) bond motifs is 1. The van der Waals surface area contributed by atoms with Crippen LogP contribution in [0.15, 0.2) is 47.6 Å². The Morgan fingerprint density at radius 2 is 1.87 bits per heavy atom. The normalized spacial score (nSPS) is 39.8. The summed E-state index contributed by atoms with van der Waals surface area (Å²) in [5.41, 5.74) is 3.66. The van der Waals surface area contributed by atoms with Gasteiger partial charge in [0.1, 0.15) is 0 Å². The van der Waals surface area contributed by atoms with Gasteiger partial charge in [0.2, 0.25) is 0 Å². The van der Waals surface area contributed by atoms with Crippen LogP contribution in [0.5, 0.6) is 0 Å². The molecule has 0 amide bonds. The molecule has 0 radical (unpaired) electrons. The third-order valence-electron chi connectivity index (χ3n) is 8.84. The van der Waals surface area contributed by atoms with E-state index in [2.05, 4.69) is 58.6 Å². The summed E-state index contributed by atoms with van der Waals surface area (Å²) in [5.74, 6) is 2.57. The van der Waals surface area contributed by atoms with Crippen LogP contribution in [0.2, 0.25) is 0 Å². The molecule has 3 saturated carbocycles. The molecule has 0 aromatic rings. The zero-order valence-corrected chi connectivity index (χ0v) is 20.1. The molecule has 0 aromatic carbocycles. The lowest BCUT2D eigenvalue weighted by atomic mass is 9.61. The van der Waals surface area contributed by atoms with Gasteiger partial charge in [0, 0.05) is 13.0 Å². The quantitative estimate of drug-likeness (QED) is 0.484. The summed E-state index contributed by atoms with van der Waals surface area (Å²) >= 11 is 0. The van der Waals surface area contributed by atoms with Crippen molar-refractivity contribution >= 4 is 0 Å². The van der Waals surface area contributed by atoms with Gasteiger partial charge in [-0.15, -0.1) is 0 Å². The van der Waals surface area contributed by atoms with Crippen LogP contribution in [0.1, 0.15) is 72.6 Å². The first-order chi connectivity index (χ1) is 14.7. The number of hydrogen-bond donors (Lipinski definition) is 3. The Bertz CT molecular complexity index is 733. The van der Waals surface area contributed by atoms with Crippen molar-refractivity contribution in [3.8, 4) is 0 Å². The maximum atomic E-state index is 10.1. The largest absolute Gasteiger partial charge is 0.396 e. The molecule has 3 rings (SSSR count). The summed E-state index contributed by atoms with van der Waals surface area (Å²) in [6, 6.07) is 0. The minimum absolute atomic E-state index is 0.243. The highest BCUT2D eigenvalue weighted by Crippen LogP contribution is 2.59. The average Bonchev–Trinajstić information content (AvgIpc) is 3.10. The van der Waals surface area contributed by atoms with Crippen molar-refractivity contribution in [1.82, 2.24) is 0 Å². The van der Waals surface area contributed by atoms with Crippen molar-refractivity contribution < 1.29 is 15.3 Å². The Hall–Kier alpha value is -1.16. The molecule has 8 atom stereocenters. The van der Waals surface area contributed by atoms with E-state index >= 15 is 0 Å². The molecule has 0 saturated heterocycles. The highest BCUT2D eigenvalue weighted by molar-refractivity contribution is 5.38. The Balaban J connectivity index is 1.75. The molecule has 0 unspecified atom stereocenters. The number of allylic oxidation sites excluding steroid dienone is 5. The van der Waals surface area contributed by atoms with Gasteiger partial charge in [-0.05, 0) is 84.7 Å². The van der Waals surface area contributed by atoms with Gasteiger partial charge in [0.25, 0.3) is 0 Å². The monoisotopic (exact) mass is 428 g/mol. The van der Waals surface area contributed by atoms with Crippen molar-refractivity contribution in [1.29, 1.82) is 0 Å². The molecule has 0 heterocycles. The molecular formula is C28H44O3. The predicted octanol–water partition coefficient (Wildman–Crippen LogP) is 5.58. The fourth-order valence-corrected chi connectivity index (χ4v) is 6.45. The summed E-state index contributed by atoms with van der Waals surface area (Å²) in [4.78, 5) is 0. The zero-order chi connectivity index (χ0) is 22.8. The maximum absolute atomic E-state index is 10.1. The van der Waals surface area contributed by atoms with Gasteiger partial charge >= 0.3 is 0 Å². The highest BCUT2D eigenvalue weighted by Gasteiger charge is 2.50. The highest BCUT2D eigenvalue weighted by atomic mass is 16.3. The molecule has 3 heteroatoms. The van der Waals surface area contributed by atoms with E-state index in [1.807, 2.05) is 0 Å². The van der Waals surface area contributed by atoms with E-state index in [0.717, 1.165) is 17.6 Å². The molecule has 0 aromatic heterocycles. The van der Waals surface area contributed by atoms with Crippen molar-refractivity contribution in [2.24, 2.45) is 35.0 Å². The summed E-state index contributed by atoms with van der Waals surface area (Å²) in [7, 11) is 0. The summed E-state index contributed by atoms with van der Waals surface area (Å²) in [6.45, 7) is 13.5. The Morgan fingerprint density at radius 3 is 2.58 bits per heavy atom. The molecule has 0 aliphatic heterocycles. The average molecular weight is 429 g/mol. The summed E-state index contributed by atoms with van der Waals surface area (Å²) < 4.78 is 0. The first-order valence-electron chi connectivity index (χ1n) is 12.4. The van der Waals surface area contributed by atoms with Crippen LogP contribution in [0.3, 0.4) is 0 Å². The number of aliphatic hydroxyl groups excluding tert-OH is 3. The second-order valence-electron chi connectivity index (χ2n) is 10.9. The Morgan fingerprint density at radius 1 is 1.13 bits per heavy atom. The zero-order valence-electron chi connectivity index (χ0n) is 20.1. The van der Waals surface area contributed by atoms with E-state index in [4.69, 9.17) is 0 Å². The Labute approximate surface area is 189 Å². The van der Waals surface area contributed by atoms with Crippen molar-refractivity contribution in [3.63, 3.8) is 0 Å². The number of rotatable bonds is 6. The lowest BCUT2D eigenvalue weighted by Gasteiger charge is -2.44. The molecular weight excluding hydrogens is 384 g/mol. The van der Waals surface area contributed by atoms with E-state index in [9.17, 15) is 15.3 Å². The number of hydrogen-bond acceptors (Lipinski definition) is 3. The first-order valence-corrected chi connectivity index (χ1v) is 12.4. The molecule has 31 heavy (non-hydrogen) atoms. The first kappa shape index (κ1) is 24.5. The fraction of sp³-hybridized carbons (Fsp3) is 0.714. The van der Waals surface area contributed by atoms with Gasteiger partial charge in [-0.25, -0.2) is 0 Å². The second kappa shape index (κ2) is 10.2. The molecule has 3 N–H and O–H groups in total. The van der Waals surface area contributed by atoms with Gasteiger partial charge in [0.15, 0.2) is 0 Å². The van der Waals surface area contributed by atoms with E-state index in [0.29, 0.717) is 47.8 Å². The van der Waals surface area contributed by atoms with Gasteiger partial charge in [-0.3, -0.25) is 0 Å². The van der Waals surface area contributed by atoms with Crippen molar-refractivity contribution in [2.45, 2.75) is 84.8 Å². The molecule has 174 valence electrons. The van der Waals surface area contributed by atoms with Crippen molar-refractivity contribution in [3.05, 3.63) is 47.6 Å². The number of aliphatic hydroxyl groups is 3. The predicted molar refractivity (Wildman–Crippen MR) is 128 cm³/mol. The molecule has 3 nitrogen and oxygen atoms in total. The van der Waals surface area contributed by atoms with Gasteiger partial charge in [-0.1, -0.05) is 64.2 Å². The van der Waals surface area contributed by atoms with Crippen LogP contribution in [0.4, 0.5) is 0 Å². The topological polar surface area (TPSA) is 60.7 Å². The SMILES string of the molecule is C=C1/C(=C\C=C2/CCC[C@]3(C)[C@@H]([C@H](C)/C=C/[C@H](C)[C@@H](C)CO)CC[C@@H]23)C[C@@H](O)C[C@@H]1O. The lowest BCUT2D eigenvalue weighted by Crippen LogP contribution is -2.35. The van der Waals surface area contributed by atoms with E-state index < -0.39 is 12.2 Å². The standard InChI is InChI=1S/C28H44O3/c1-18(20(3)17-29)8-9-19(2)25-12-13-26-22(7-6-14-28(25,26)5)10-11-23-15-24(30)16-27(31)21(23)4/h8-11,18-20,24-27,29-31H,4,6-7,12-17H2,1-3,5H3/b9-8+,22-10+,23-11-/t18-,19+,20-,24+,25+,26-,27-,28+/m0/s1. The van der Waals surface area contributed by atoms with Crippen molar-refractivity contribution in [2.75, 3.05) is 6.61 Å². The molecule has 0 spiro atoms. The summed E-state index contributed by atoms with van der Waals surface area (Å²) in [5, 5.41) is 29.6. The molecule has 3 fully saturated rings. The van der Waals surface area contributed by atoms with Crippen LogP contribution >= 0.6 is 0 Å². The smallest absolute Gasteiger partial charge is 0.0811 e. The fourth-order valence-electron chi connectivity index (χ4n) is 6.45. The minimum atomic E-state index is -0.621. The van der Waals surface area contributed by atoms with Gasteiger partial charge in [-0.2, -0.15) is 0 Å². The van der Waals surface area contributed by atoms with E-state index in [1.165, 1.54) is 25.7 Å². The third-order valence-corrected chi connectivity index (χ3v) is 8.84.